The van der Waals surface area contributed by atoms with Gasteiger partial charge in [0.05, 0.1) is 67.6 Å². The molecule has 7 aromatic carbocycles. The summed E-state index contributed by atoms with van der Waals surface area (Å²) in [5, 5.41) is 29.2. The first-order chi connectivity index (χ1) is 65.4. The summed E-state index contributed by atoms with van der Waals surface area (Å²) in [6.45, 7) is 23.5. The molecule has 5 heterocycles. The summed E-state index contributed by atoms with van der Waals surface area (Å²) < 4.78 is 34.4. The van der Waals surface area contributed by atoms with Gasteiger partial charge in [-0.25, -0.2) is 38.4 Å². The molecule has 2 aliphatic carbocycles. The van der Waals surface area contributed by atoms with Crippen LogP contribution in [0.5, 0.6) is 0 Å². The maximum absolute atomic E-state index is 12.2. The normalized spacial score (nSPS) is 18.1. The molecule has 5 saturated heterocycles. The van der Waals surface area contributed by atoms with Crippen molar-refractivity contribution in [2.75, 3.05) is 145 Å². The van der Waals surface area contributed by atoms with Gasteiger partial charge in [-0.1, -0.05) is 81.0 Å². The number of carboxylic acids is 1. The van der Waals surface area contributed by atoms with Gasteiger partial charge < -0.3 is 101 Å². The van der Waals surface area contributed by atoms with Crippen molar-refractivity contribution >= 4 is 106 Å². The van der Waals surface area contributed by atoms with Gasteiger partial charge in [0.25, 0.3) is 0 Å². The number of aromatic carboxylic acids is 1. The van der Waals surface area contributed by atoms with Gasteiger partial charge in [0.2, 0.25) is 0 Å². The van der Waals surface area contributed by atoms with Crippen LogP contribution in [0.25, 0.3) is 0 Å². The second-order valence-electron chi connectivity index (χ2n) is 37.8. The third-order valence-electron chi connectivity index (χ3n) is 24.6. The third-order valence-corrected chi connectivity index (χ3v) is 24.6. The molecule has 4 unspecified atom stereocenters. The number of rotatable bonds is 20. The van der Waals surface area contributed by atoms with Gasteiger partial charge in [-0.3, -0.25) is 10.1 Å². The Balaban J connectivity index is 0.000000289. The first-order valence-electron chi connectivity index (χ1n) is 48.7. The second-order valence-corrected chi connectivity index (χ2v) is 37.8. The van der Waals surface area contributed by atoms with Gasteiger partial charge in [-0.05, 0) is 328 Å². The standard InChI is InChI=1S/C21H32N2O2.C20H30N2O2.C19H28N2O4.C14H20N2O2.C14H14N2O2.C11H19NO3.C8H9NO2.ClH.Na.H2O/c1-25-21(24)18-9-11-20(12-10-18)22-19-8-5-14-23(15-13-19)16-17-6-3-2-4-7-17;23-20(24)17-8-10-19(11-9-17)21-18-7-4-13-22(14-12-18)15-16-5-2-1-3-6-16;1-19(2,3)25-18(23)21-12-5-6-15(11-13-21)20-16-9-7-14(8-10-16)17(22)24-4;1-18-14(17)11-4-6-13(7-5-11)16-12-3-2-9-15-10-8-12;15-12-8-4-5-9-13(12)16-14(17)18-10-11-6-2-1-3-7-11;1-11(2,3)15-10(14)12-7-4-5-9(13)6-8-12;1-11-8(10)6-2-4-7(9)5-3-6;;;/h9-12,17,19,22H,2-8,13-16H2,1H3;8-11,16,18,21H,1-7,12-15H2,(H,23,24);7-10,15,20H,5-6,11-13H2,1-4H3;4-7,12,15-16H,2-3,8-10H2,1H3;1-9H,10,15H2,(H,16,17);4-8H2,1-3H3;2-5H,9H2,1H3;1H;;1H2/q;;;;;;;;+1;/p-1. The zero-order valence-electron chi connectivity index (χ0n) is 83.9. The van der Waals surface area contributed by atoms with Crippen molar-refractivity contribution in [3.8, 4) is 0 Å². The fourth-order valence-electron chi connectivity index (χ4n) is 17.2. The molecular weight excluding hydrogens is 1800 g/mol. The number of benzene rings is 7. The summed E-state index contributed by atoms with van der Waals surface area (Å²) in [5.74, 6) is -0.0232. The molecule has 2 saturated carbocycles. The second kappa shape index (κ2) is 64.6. The van der Waals surface area contributed by atoms with Crippen LogP contribution in [-0.4, -0.2) is 226 Å². The zero-order chi connectivity index (χ0) is 98.0. The van der Waals surface area contributed by atoms with Crippen molar-refractivity contribution in [2.24, 2.45) is 11.8 Å². The van der Waals surface area contributed by atoms with Gasteiger partial charge in [0, 0.05) is 118 Å². The Hall–Kier alpha value is -10.7. The number of nitrogens with one attached hydrogen (secondary N) is 6. The molecule has 32 heteroatoms. The average molecular weight is 1950 g/mol. The number of anilines is 7. The molecule has 758 valence electrons. The molecule has 0 aromatic heterocycles. The van der Waals surface area contributed by atoms with Gasteiger partial charge in [0.15, 0.2) is 0 Å². The molecule has 139 heavy (non-hydrogen) atoms. The van der Waals surface area contributed by atoms with E-state index in [1.165, 1.54) is 183 Å². The number of ether oxygens (including phenoxy) is 7. The van der Waals surface area contributed by atoms with Crippen molar-refractivity contribution in [3.63, 3.8) is 0 Å². The summed E-state index contributed by atoms with van der Waals surface area (Å²) in [4.78, 5) is 111. The molecule has 12 N–H and O–H groups in total. The van der Waals surface area contributed by atoms with E-state index in [4.69, 9.17) is 40.3 Å². The van der Waals surface area contributed by atoms with Crippen LogP contribution in [0.4, 0.5) is 54.2 Å². The summed E-state index contributed by atoms with van der Waals surface area (Å²) in [6, 6.07) is 54.4. The number of esters is 4. The molecule has 0 bridgehead atoms. The predicted octanol–water partition coefficient (Wildman–Crippen LogP) is 17.6. The number of carboxylic acid groups (broad SMARTS) is 1. The molecule has 5 aliphatic heterocycles. The van der Waals surface area contributed by atoms with Gasteiger partial charge in [-0.15, -0.1) is 12.4 Å². The van der Waals surface area contributed by atoms with E-state index in [9.17, 15) is 43.2 Å². The number of amides is 3. The van der Waals surface area contributed by atoms with Gasteiger partial charge >= 0.3 is 77.7 Å². The zero-order valence-corrected chi connectivity index (χ0v) is 86.7. The predicted molar refractivity (Wildman–Crippen MR) is 548 cm³/mol. The first kappa shape index (κ1) is 119. The Kier molecular flexibility index (Phi) is 55.2. The first-order valence-corrected chi connectivity index (χ1v) is 48.7. The Labute approximate surface area is 852 Å². The number of Topliss-reactive ketones (excluding diaryl/α,β-unsaturated/α-hetero) is 1. The number of hydrogen-bond donors (Lipinski definition) is 9. The van der Waals surface area contributed by atoms with E-state index >= 15 is 0 Å². The summed E-state index contributed by atoms with van der Waals surface area (Å²) in [6.07, 6.45) is 28.6. The van der Waals surface area contributed by atoms with Crippen molar-refractivity contribution in [1.82, 2.24) is 24.9 Å². The quantitative estimate of drug-likeness (QED) is 0.0148. The monoisotopic (exact) mass is 1950 g/mol. The van der Waals surface area contributed by atoms with Crippen LogP contribution < -0.4 is 72.9 Å². The van der Waals surface area contributed by atoms with Crippen molar-refractivity contribution < 1.29 is 116 Å². The number of nitrogen functional groups attached to an aromatic ring is 2. The Morgan fingerprint density at radius 1 is 0.396 bits per heavy atom. The Bertz CT molecular complexity index is 4730. The Morgan fingerprint density at radius 3 is 1.17 bits per heavy atom. The van der Waals surface area contributed by atoms with E-state index in [0.29, 0.717) is 102 Å². The maximum Gasteiger partial charge on any atom is 1.00 e. The van der Waals surface area contributed by atoms with Crippen LogP contribution in [0.1, 0.15) is 259 Å². The van der Waals surface area contributed by atoms with Crippen LogP contribution in [-0.2, 0) is 44.6 Å². The molecule has 0 spiro atoms. The van der Waals surface area contributed by atoms with Crippen LogP contribution in [0, 0.1) is 11.8 Å². The number of likely N-dealkylation sites (tertiary alicyclic amines) is 4. The summed E-state index contributed by atoms with van der Waals surface area (Å²) >= 11 is 0. The van der Waals surface area contributed by atoms with E-state index in [1.807, 2.05) is 133 Å². The summed E-state index contributed by atoms with van der Waals surface area (Å²) in [7, 11) is 5.53. The number of nitrogens with two attached hydrogens (primary N) is 2. The Morgan fingerprint density at radius 2 is 0.763 bits per heavy atom. The number of methoxy groups -OCH3 is 4. The van der Waals surface area contributed by atoms with Crippen LogP contribution in [0.15, 0.2) is 176 Å². The fraction of sp³-hybridized carbons (Fsp3) is 0.523. The molecule has 30 nitrogen and oxygen atoms in total. The largest absolute Gasteiger partial charge is 1.00 e. The van der Waals surface area contributed by atoms with Gasteiger partial charge in [0.1, 0.15) is 23.6 Å². The van der Waals surface area contributed by atoms with E-state index in [-0.39, 0.29) is 102 Å². The molecule has 3 amide bonds. The minimum absolute atomic E-state index is 0. The van der Waals surface area contributed by atoms with E-state index in [0.717, 1.165) is 85.3 Å². The smallest absolute Gasteiger partial charge is 0.870 e. The van der Waals surface area contributed by atoms with E-state index in [2.05, 4.69) is 51.2 Å². The molecular formula is C107H154ClN12NaO18. The SMILES string of the molecule is CC(C)(C)OC(=O)N1CCCC(=O)CC1.COC(=O)c1ccc(N)cc1.COC(=O)c1ccc(NC2CCCN(C(=O)OC(C)(C)C)CC2)cc1.COC(=O)c1ccc(NC2CCCN(CC3CCCCC3)CC2)cc1.COC(=O)c1ccc(NC2CCCNCC2)cc1.Cl.Nc1ccccc1NC(=O)OCc1ccccc1.O=C(O)c1ccc(NC2CCCN(CC3CCCCC3)CC2)cc1.[Na+].[OH-]. The summed E-state index contributed by atoms with van der Waals surface area (Å²) in [5.41, 5.74) is 19.6. The molecule has 7 aromatic rings. The number of nitrogens with zero attached hydrogens (tertiary/aromatic N) is 4. The topological polar surface area (TPSA) is 406 Å². The molecule has 4 atom stereocenters. The van der Waals surface area contributed by atoms with Crippen molar-refractivity contribution in [3.05, 3.63) is 209 Å². The molecule has 0 radical (unpaired) electrons. The van der Waals surface area contributed by atoms with E-state index in [1.54, 1.807) is 94.7 Å². The maximum atomic E-state index is 12.2. The number of ketones is 1. The van der Waals surface area contributed by atoms with Crippen LogP contribution in [0.2, 0.25) is 0 Å². The minimum atomic E-state index is -0.866. The number of halogens is 1. The third kappa shape index (κ3) is 47.0. The number of carbonyl (C=O) groups is 9. The average Bonchev–Trinajstić information content (AvgIpc) is 1.66. The van der Waals surface area contributed by atoms with Crippen molar-refractivity contribution in [1.29, 1.82) is 0 Å². The minimum Gasteiger partial charge on any atom is -0.870 e. The molecule has 14 rings (SSSR count). The number of para-hydroxylation sites is 2. The van der Waals surface area contributed by atoms with E-state index < -0.39 is 23.3 Å². The van der Waals surface area contributed by atoms with Crippen LogP contribution in [0.3, 0.4) is 0 Å². The molecule has 7 aliphatic rings. The number of carbonyl (C=O) groups excluding carboxylic acids is 8. The van der Waals surface area contributed by atoms with Crippen LogP contribution >= 0.6 is 12.4 Å². The fourth-order valence-corrected chi connectivity index (χ4v) is 17.2. The molecule has 7 fully saturated rings. The van der Waals surface area contributed by atoms with Crippen molar-refractivity contribution in [2.45, 2.75) is 244 Å². The number of hydrogen-bond acceptors (Lipinski definition) is 26. The van der Waals surface area contributed by atoms with Gasteiger partial charge in [-0.2, -0.15) is 0 Å².